The fourth-order valence-electron chi connectivity index (χ4n) is 2.15. The Kier molecular flexibility index (Phi) is 6.54. The molecule has 2 rings (SSSR count). The Hall–Kier alpha value is -2.64. The average Bonchev–Trinajstić information content (AvgIpc) is 2.59. The highest BCUT2D eigenvalue weighted by molar-refractivity contribution is 6.35. The van der Waals surface area contributed by atoms with Gasteiger partial charge in [-0.05, 0) is 36.8 Å². The third-order valence-corrected chi connectivity index (χ3v) is 4.02. The highest BCUT2D eigenvalue weighted by Crippen LogP contribution is 2.26. The van der Waals surface area contributed by atoms with Crippen molar-refractivity contribution >= 4 is 40.8 Å². The molecule has 1 amide bonds. The van der Waals surface area contributed by atoms with Gasteiger partial charge in [-0.25, -0.2) is 4.79 Å². The Morgan fingerprint density at radius 1 is 1.19 bits per heavy atom. The summed E-state index contributed by atoms with van der Waals surface area (Å²) in [6.07, 6.45) is 0. The Morgan fingerprint density at radius 3 is 2.42 bits per heavy atom. The zero-order chi connectivity index (χ0) is 19.3. The molecular formula is C17H14Cl2N2O5. The van der Waals surface area contributed by atoms with Crippen LogP contribution in [0.15, 0.2) is 42.5 Å². The maximum atomic E-state index is 11.9. The number of nitro groups is 1. The van der Waals surface area contributed by atoms with E-state index in [0.717, 1.165) is 0 Å². The molecule has 0 aromatic heterocycles. The molecule has 2 aromatic carbocycles. The van der Waals surface area contributed by atoms with Crippen LogP contribution in [0.5, 0.6) is 0 Å². The van der Waals surface area contributed by atoms with Crippen LogP contribution in [-0.4, -0.2) is 23.4 Å². The van der Waals surface area contributed by atoms with Gasteiger partial charge in [0.05, 0.1) is 16.5 Å². The fourth-order valence-corrected chi connectivity index (χ4v) is 2.72. The van der Waals surface area contributed by atoms with Crippen LogP contribution in [0.2, 0.25) is 10.0 Å². The molecule has 0 aliphatic heterocycles. The first-order valence-electron chi connectivity index (χ1n) is 7.44. The summed E-state index contributed by atoms with van der Waals surface area (Å²) in [4.78, 5) is 33.8. The van der Waals surface area contributed by atoms with Crippen LogP contribution in [0.1, 0.15) is 28.9 Å². The summed E-state index contributed by atoms with van der Waals surface area (Å²) in [6.45, 7) is 1.23. The van der Waals surface area contributed by atoms with Crippen LogP contribution in [-0.2, 0) is 9.53 Å². The molecule has 136 valence electrons. The molecular weight excluding hydrogens is 383 g/mol. The number of nitro benzene ring substituents is 1. The van der Waals surface area contributed by atoms with Gasteiger partial charge in [0.2, 0.25) is 0 Å². The number of hydrogen-bond acceptors (Lipinski definition) is 5. The molecule has 1 atom stereocenters. The smallest absolute Gasteiger partial charge is 0.338 e. The number of carbonyl (C=O) groups is 2. The molecule has 0 saturated heterocycles. The number of rotatable bonds is 6. The van der Waals surface area contributed by atoms with Gasteiger partial charge in [-0.2, -0.15) is 0 Å². The summed E-state index contributed by atoms with van der Waals surface area (Å²) < 4.78 is 4.90. The van der Waals surface area contributed by atoms with Gasteiger partial charge in [0.15, 0.2) is 6.61 Å². The zero-order valence-corrected chi connectivity index (χ0v) is 15.1. The normalized spacial score (nSPS) is 11.5. The van der Waals surface area contributed by atoms with Crippen LogP contribution in [0.4, 0.5) is 5.69 Å². The Labute approximate surface area is 159 Å². The number of carbonyl (C=O) groups excluding carboxylic acids is 2. The van der Waals surface area contributed by atoms with Crippen molar-refractivity contribution in [2.24, 2.45) is 0 Å². The second-order valence-corrected chi connectivity index (χ2v) is 6.18. The van der Waals surface area contributed by atoms with Gasteiger partial charge < -0.3 is 10.1 Å². The van der Waals surface area contributed by atoms with E-state index >= 15 is 0 Å². The van der Waals surface area contributed by atoms with Crippen LogP contribution >= 0.6 is 23.2 Å². The summed E-state index contributed by atoms with van der Waals surface area (Å²) >= 11 is 11.9. The number of hydrogen-bond donors (Lipinski definition) is 1. The zero-order valence-electron chi connectivity index (χ0n) is 13.6. The Morgan fingerprint density at radius 2 is 1.85 bits per heavy atom. The monoisotopic (exact) mass is 396 g/mol. The molecule has 0 fully saturated rings. The second kappa shape index (κ2) is 8.64. The topological polar surface area (TPSA) is 98.5 Å². The quantitative estimate of drug-likeness (QED) is 0.452. The number of nitrogens with one attached hydrogen (secondary N) is 1. The number of benzene rings is 2. The first kappa shape index (κ1) is 19.7. The van der Waals surface area contributed by atoms with Crippen molar-refractivity contribution in [1.82, 2.24) is 5.32 Å². The van der Waals surface area contributed by atoms with Crippen molar-refractivity contribution in [3.8, 4) is 0 Å². The average molecular weight is 397 g/mol. The van der Waals surface area contributed by atoms with Crippen molar-refractivity contribution in [3.63, 3.8) is 0 Å². The fraction of sp³-hybridized carbons (Fsp3) is 0.176. The molecule has 0 aliphatic rings. The number of ether oxygens (including phenoxy) is 1. The summed E-state index contributed by atoms with van der Waals surface area (Å²) in [5.41, 5.74) is 0.635. The van der Waals surface area contributed by atoms with Crippen molar-refractivity contribution in [2.75, 3.05) is 6.61 Å². The van der Waals surface area contributed by atoms with Crippen LogP contribution in [0, 0.1) is 10.1 Å². The lowest BCUT2D eigenvalue weighted by Gasteiger charge is -2.16. The van der Waals surface area contributed by atoms with Crippen molar-refractivity contribution < 1.29 is 19.2 Å². The first-order valence-corrected chi connectivity index (χ1v) is 8.19. The number of esters is 1. The van der Waals surface area contributed by atoms with Gasteiger partial charge in [0.25, 0.3) is 11.6 Å². The van der Waals surface area contributed by atoms with Crippen molar-refractivity contribution in [2.45, 2.75) is 13.0 Å². The molecule has 9 heteroatoms. The van der Waals surface area contributed by atoms with Gasteiger partial charge in [-0.3, -0.25) is 14.9 Å². The van der Waals surface area contributed by atoms with Gasteiger partial charge in [0.1, 0.15) is 0 Å². The minimum Gasteiger partial charge on any atom is -0.452 e. The molecule has 1 N–H and O–H groups in total. The van der Waals surface area contributed by atoms with Crippen LogP contribution in [0.3, 0.4) is 0 Å². The highest BCUT2D eigenvalue weighted by Gasteiger charge is 2.16. The van der Waals surface area contributed by atoms with Crippen molar-refractivity contribution in [1.29, 1.82) is 0 Å². The van der Waals surface area contributed by atoms with Crippen LogP contribution < -0.4 is 5.32 Å². The molecule has 26 heavy (non-hydrogen) atoms. The van der Waals surface area contributed by atoms with Crippen LogP contribution in [0.25, 0.3) is 0 Å². The number of non-ortho nitro benzene ring substituents is 1. The summed E-state index contributed by atoms with van der Waals surface area (Å²) in [6, 6.07) is 9.38. The summed E-state index contributed by atoms with van der Waals surface area (Å²) in [5, 5.41) is 14.1. The molecule has 7 nitrogen and oxygen atoms in total. The molecule has 0 aliphatic carbocycles. The Bertz CT molecular complexity index is 840. The standard InChI is InChI=1S/C17H14Cl2N2O5/c1-10(14-7-4-12(18)8-15(14)19)20-16(22)9-26-17(23)11-2-5-13(6-3-11)21(24)25/h2-8,10H,9H2,1H3,(H,20,22)/t10-/m1/s1. The lowest BCUT2D eigenvalue weighted by atomic mass is 10.1. The van der Waals surface area contributed by atoms with Gasteiger partial charge in [-0.1, -0.05) is 29.3 Å². The maximum absolute atomic E-state index is 11.9. The van der Waals surface area contributed by atoms with E-state index in [9.17, 15) is 19.7 Å². The van der Waals surface area contributed by atoms with Gasteiger partial charge in [0, 0.05) is 22.2 Å². The number of amides is 1. The van der Waals surface area contributed by atoms with E-state index in [-0.39, 0.29) is 11.3 Å². The van der Waals surface area contributed by atoms with Gasteiger partial charge >= 0.3 is 5.97 Å². The molecule has 0 bridgehead atoms. The molecule has 0 radical (unpaired) electrons. The third-order valence-electron chi connectivity index (χ3n) is 3.45. The lowest BCUT2D eigenvalue weighted by molar-refractivity contribution is -0.384. The molecule has 2 aromatic rings. The SMILES string of the molecule is C[C@@H](NC(=O)COC(=O)c1ccc([N+](=O)[O-])cc1)c1ccc(Cl)cc1Cl. The van der Waals surface area contributed by atoms with E-state index in [4.69, 9.17) is 27.9 Å². The number of nitrogens with zero attached hydrogens (tertiary/aromatic N) is 1. The van der Waals surface area contributed by atoms with E-state index in [1.807, 2.05) is 0 Å². The summed E-state index contributed by atoms with van der Waals surface area (Å²) in [7, 11) is 0. The number of halogens is 2. The first-order chi connectivity index (χ1) is 12.3. The molecule has 0 unspecified atom stereocenters. The predicted octanol–water partition coefficient (Wildman–Crippen LogP) is 3.94. The highest BCUT2D eigenvalue weighted by atomic mass is 35.5. The second-order valence-electron chi connectivity index (χ2n) is 5.34. The molecule has 0 saturated carbocycles. The Balaban J connectivity index is 1.89. The van der Waals surface area contributed by atoms with E-state index in [1.165, 1.54) is 24.3 Å². The third kappa shape index (κ3) is 5.18. The maximum Gasteiger partial charge on any atom is 0.338 e. The molecule has 0 spiro atoms. The molecule has 0 heterocycles. The van der Waals surface area contributed by atoms with E-state index in [2.05, 4.69) is 5.32 Å². The van der Waals surface area contributed by atoms with E-state index in [1.54, 1.807) is 25.1 Å². The minimum atomic E-state index is -0.757. The van der Waals surface area contributed by atoms with Crippen molar-refractivity contribution in [3.05, 3.63) is 73.8 Å². The van der Waals surface area contributed by atoms with Gasteiger partial charge in [-0.15, -0.1) is 0 Å². The summed E-state index contributed by atoms with van der Waals surface area (Å²) in [5.74, 6) is -1.27. The minimum absolute atomic E-state index is 0.109. The van der Waals surface area contributed by atoms with E-state index in [0.29, 0.717) is 15.6 Å². The lowest BCUT2D eigenvalue weighted by Crippen LogP contribution is -2.31. The predicted molar refractivity (Wildman–Crippen MR) is 96.4 cm³/mol. The van der Waals surface area contributed by atoms with E-state index < -0.39 is 29.4 Å². The largest absolute Gasteiger partial charge is 0.452 e.